The Morgan fingerprint density at radius 2 is 2.00 bits per heavy atom. The predicted octanol–water partition coefficient (Wildman–Crippen LogP) is 4.32. The second-order valence-electron chi connectivity index (χ2n) is 4.87. The Morgan fingerprint density at radius 1 is 1.30 bits per heavy atom. The number of hydrogen-bond donors (Lipinski definition) is 1. The number of methoxy groups -OCH3 is 1. The third-order valence-electron chi connectivity index (χ3n) is 3.35. The van der Waals surface area contributed by atoms with Crippen molar-refractivity contribution in [2.45, 2.75) is 13.0 Å². The average molecular weight is 379 g/mol. The lowest BCUT2D eigenvalue weighted by Gasteiger charge is -2.17. The summed E-state index contributed by atoms with van der Waals surface area (Å²) >= 11 is 3.49. The fourth-order valence-electron chi connectivity index (χ4n) is 2.21. The maximum Gasteiger partial charge on any atom is 0.344 e. The summed E-state index contributed by atoms with van der Waals surface area (Å²) in [6, 6.07) is 12.0. The molecule has 7 heteroatoms. The molecule has 2 aromatic carbocycles. The minimum absolute atomic E-state index is 0.0578. The Bertz CT molecular complexity index is 749. The van der Waals surface area contributed by atoms with E-state index in [0.717, 1.165) is 10.0 Å². The van der Waals surface area contributed by atoms with Crippen LogP contribution in [-0.2, 0) is 4.74 Å². The number of rotatable bonds is 5. The molecule has 0 aliphatic heterocycles. The van der Waals surface area contributed by atoms with E-state index in [9.17, 15) is 14.9 Å². The van der Waals surface area contributed by atoms with Crippen LogP contribution < -0.4 is 5.32 Å². The molecule has 1 atom stereocenters. The fraction of sp³-hybridized carbons (Fsp3) is 0.188. The number of hydrogen-bond acceptors (Lipinski definition) is 5. The van der Waals surface area contributed by atoms with E-state index in [0.29, 0.717) is 5.69 Å². The normalized spacial score (nSPS) is 11.6. The second-order valence-corrected chi connectivity index (χ2v) is 5.72. The van der Waals surface area contributed by atoms with Crippen LogP contribution in [0.3, 0.4) is 0 Å². The first-order valence-corrected chi connectivity index (χ1v) is 7.61. The summed E-state index contributed by atoms with van der Waals surface area (Å²) in [5, 5.41) is 14.2. The van der Waals surface area contributed by atoms with Crippen LogP contribution in [0.1, 0.15) is 28.9 Å². The van der Waals surface area contributed by atoms with Crippen molar-refractivity contribution in [1.82, 2.24) is 0 Å². The van der Waals surface area contributed by atoms with Crippen LogP contribution in [0.15, 0.2) is 46.9 Å². The van der Waals surface area contributed by atoms with E-state index in [-0.39, 0.29) is 17.3 Å². The van der Waals surface area contributed by atoms with E-state index in [2.05, 4.69) is 26.0 Å². The fourth-order valence-corrected chi connectivity index (χ4v) is 2.84. The Labute approximate surface area is 141 Å². The standard InChI is InChI=1S/C16H15BrN2O4/c1-10(12-5-3-4-6-14(12)17)18-11-7-8-15(19(21)22)13(9-11)16(20)23-2/h3-10,18H,1-2H3. The third-order valence-corrected chi connectivity index (χ3v) is 4.08. The molecule has 0 aliphatic rings. The highest BCUT2D eigenvalue weighted by Gasteiger charge is 2.21. The lowest BCUT2D eigenvalue weighted by atomic mass is 10.1. The number of nitro groups is 1. The number of anilines is 1. The van der Waals surface area contributed by atoms with Gasteiger partial charge in [-0.05, 0) is 30.7 Å². The molecular formula is C16H15BrN2O4. The lowest BCUT2D eigenvalue weighted by molar-refractivity contribution is -0.385. The molecule has 0 heterocycles. The van der Waals surface area contributed by atoms with Gasteiger partial charge in [-0.25, -0.2) is 4.79 Å². The molecule has 0 fully saturated rings. The molecular weight excluding hydrogens is 364 g/mol. The molecule has 2 rings (SSSR count). The molecule has 1 unspecified atom stereocenters. The summed E-state index contributed by atoms with van der Waals surface area (Å²) in [5.74, 6) is -0.742. The molecule has 0 amide bonds. The largest absolute Gasteiger partial charge is 0.465 e. The van der Waals surface area contributed by atoms with Gasteiger partial charge in [0.2, 0.25) is 0 Å². The Kier molecular flexibility index (Phi) is 5.33. The quantitative estimate of drug-likeness (QED) is 0.476. The highest BCUT2D eigenvalue weighted by Crippen LogP contribution is 2.29. The van der Waals surface area contributed by atoms with Gasteiger partial charge in [-0.1, -0.05) is 34.1 Å². The Morgan fingerprint density at radius 3 is 2.61 bits per heavy atom. The SMILES string of the molecule is COC(=O)c1cc(NC(C)c2ccccc2Br)ccc1[N+](=O)[O-]. The maximum atomic E-state index is 11.7. The average Bonchev–Trinajstić information content (AvgIpc) is 2.54. The van der Waals surface area contributed by atoms with Crippen molar-refractivity contribution in [3.05, 3.63) is 68.2 Å². The molecule has 0 bridgehead atoms. The number of benzene rings is 2. The second kappa shape index (κ2) is 7.23. The molecule has 0 radical (unpaired) electrons. The number of nitrogens with one attached hydrogen (secondary N) is 1. The third kappa shape index (κ3) is 3.87. The number of nitrogens with zero attached hydrogens (tertiary/aromatic N) is 1. The van der Waals surface area contributed by atoms with Gasteiger partial charge in [-0.2, -0.15) is 0 Å². The zero-order chi connectivity index (χ0) is 17.0. The molecule has 0 saturated heterocycles. The van der Waals surface area contributed by atoms with Crippen molar-refractivity contribution in [2.24, 2.45) is 0 Å². The topological polar surface area (TPSA) is 81.5 Å². The van der Waals surface area contributed by atoms with Gasteiger partial charge in [-0.3, -0.25) is 10.1 Å². The van der Waals surface area contributed by atoms with E-state index in [1.54, 1.807) is 6.07 Å². The van der Waals surface area contributed by atoms with E-state index >= 15 is 0 Å². The van der Waals surface area contributed by atoms with Crippen LogP contribution in [0.4, 0.5) is 11.4 Å². The zero-order valence-corrected chi connectivity index (χ0v) is 14.2. The van der Waals surface area contributed by atoms with Gasteiger partial charge in [0.1, 0.15) is 5.56 Å². The zero-order valence-electron chi connectivity index (χ0n) is 12.6. The Balaban J connectivity index is 2.32. The molecule has 120 valence electrons. The van der Waals surface area contributed by atoms with Crippen molar-refractivity contribution in [3.8, 4) is 0 Å². The van der Waals surface area contributed by atoms with Gasteiger partial charge in [0.15, 0.2) is 0 Å². The smallest absolute Gasteiger partial charge is 0.344 e. The van der Waals surface area contributed by atoms with E-state index < -0.39 is 10.9 Å². The highest BCUT2D eigenvalue weighted by atomic mass is 79.9. The first-order chi connectivity index (χ1) is 10.9. The molecule has 2 aromatic rings. The van der Waals surface area contributed by atoms with E-state index in [1.165, 1.54) is 19.2 Å². The summed E-state index contributed by atoms with van der Waals surface area (Å²) < 4.78 is 5.57. The summed E-state index contributed by atoms with van der Waals surface area (Å²) in [4.78, 5) is 22.1. The maximum absolute atomic E-state index is 11.7. The number of halogens is 1. The van der Waals surface area contributed by atoms with Crippen LogP contribution in [0.5, 0.6) is 0 Å². The Hall–Kier alpha value is -2.41. The van der Waals surface area contributed by atoms with Crippen LogP contribution in [0.2, 0.25) is 0 Å². The van der Waals surface area contributed by atoms with Crippen molar-refractivity contribution in [2.75, 3.05) is 12.4 Å². The number of ether oxygens (including phenoxy) is 1. The van der Waals surface area contributed by atoms with Crippen molar-refractivity contribution in [1.29, 1.82) is 0 Å². The predicted molar refractivity (Wildman–Crippen MR) is 90.6 cm³/mol. The summed E-state index contributed by atoms with van der Waals surface area (Å²) in [6.45, 7) is 1.96. The van der Waals surface area contributed by atoms with E-state index in [1.807, 2.05) is 31.2 Å². The molecule has 1 N–H and O–H groups in total. The first kappa shape index (κ1) is 17.0. The number of esters is 1. The monoisotopic (exact) mass is 378 g/mol. The first-order valence-electron chi connectivity index (χ1n) is 6.81. The summed E-state index contributed by atoms with van der Waals surface area (Å²) in [6.07, 6.45) is 0. The van der Waals surface area contributed by atoms with Crippen molar-refractivity contribution >= 4 is 33.3 Å². The van der Waals surface area contributed by atoms with Gasteiger partial charge in [0, 0.05) is 22.3 Å². The van der Waals surface area contributed by atoms with Gasteiger partial charge < -0.3 is 10.1 Å². The number of carbonyl (C=O) groups is 1. The summed E-state index contributed by atoms with van der Waals surface area (Å²) in [5.41, 5.74) is 1.27. The van der Waals surface area contributed by atoms with Gasteiger partial charge >= 0.3 is 5.97 Å². The lowest BCUT2D eigenvalue weighted by Crippen LogP contribution is -2.10. The molecule has 23 heavy (non-hydrogen) atoms. The number of carbonyl (C=O) groups excluding carboxylic acids is 1. The van der Waals surface area contributed by atoms with Crippen LogP contribution >= 0.6 is 15.9 Å². The van der Waals surface area contributed by atoms with Gasteiger partial charge in [0.05, 0.1) is 12.0 Å². The molecule has 6 nitrogen and oxygen atoms in total. The van der Waals surface area contributed by atoms with Crippen LogP contribution in [-0.4, -0.2) is 18.0 Å². The van der Waals surface area contributed by atoms with Crippen LogP contribution in [0.25, 0.3) is 0 Å². The minimum Gasteiger partial charge on any atom is -0.465 e. The van der Waals surface area contributed by atoms with Gasteiger partial charge in [-0.15, -0.1) is 0 Å². The van der Waals surface area contributed by atoms with Crippen molar-refractivity contribution < 1.29 is 14.5 Å². The van der Waals surface area contributed by atoms with E-state index in [4.69, 9.17) is 0 Å². The summed E-state index contributed by atoms with van der Waals surface area (Å²) in [7, 11) is 1.19. The van der Waals surface area contributed by atoms with Crippen LogP contribution in [0, 0.1) is 10.1 Å². The van der Waals surface area contributed by atoms with Gasteiger partial charge in [0.25, 0.3) is 5.69 Å². The molecule has 0 aliphatic carbocycles. The van der Waals surface area contributed by atoms with Crippen molar-refractivity contribution in [3.63, 3.8) is 0 Å². The highest BCUT2D eigenvalue weighted by molar-refractivity contribution is 9.10. The molecule has 0 spiro atoms. The number of nitro benzene ring substituents is 1. The molecule has 0 aromatic heterocycles. The minimum atomic E-state index is -0.742. The molecule has 0 saturated carbocycles.